The summed E-state index contributed by atoms with van der Waals surface area (Å²) in [6.45, 7) is 4.37. The zero-order valence-electron chi connectivity index (χ0n) is 11.7. The molecule has 1 aliphatic rings. The van der Waals surface area contributed by atoms with Gasteiger partial charge >= 0.3 is 0 Å². The van der Waals surface area contributed by atoms with E-state index in [0.29, 0.717) is 12.3 Å². The number of aliphatic hydroxyl groups excluding tert-OH is 1. The molecule has 2 rings (SSSR count). The molecule has 1 heterocycles. The van der Waals surface area contributed by atoms with Crippen LogP contribution in [-0.4, -0.2) is 41.9 Å². The molecule has 1 aromatic carbocycles. The van der Waals surface area contributed by atoms with E-state index in [2.05, 4.69) is 0 Å². The van der Waals surface area contributed by atoms with E-state index in [1.807, 2.05) is 32.0 Å². The van der Waals surface area contributed by atoms with Crippen LogP contribution in [0, 0.1) is 0 Å². The van der Waals surface area contributed by atoms with Crippen molar-refractivity contribution in [2.45, 2.75) is 19.9 Å². The molecule has 108 valence electrons. The smallest absolute Gasteiger partial charge is 0.246 e. The number of carbonyl (C=O) groups is 1. The van der Waals surface area contributed by atoms with Crippen molar-refractivity contribution in [3.05, 3.63) is 29.8 Å². The third kappa shape index (κ3) is 3.30. The number of rotatable bonds is 5. The van der Waals surface area contributed by atoms with Gasteiger partial charge in [0, 0.05) is 18.7 Å². The average molecular weight is 277 g/mol. The summed E-state index contributed by atoms with van der Waals surface area (Å²) in [5.41, 5.74) is 0.871. The van der Waals surface area contributed by atoms with Crippen molar-refractivity contribution >= 4 is 12.0 Å². The largest absolute Gasteiger partial charge is 0.454 e. The number of benzene rings is 1. The second-order valence-electron chi connectivity index (χ2n) is 4.80. The van der Waals surface area contributed by atoms with E-state index >= 15 is 0 Å². The number of carbonyl (C=O) groups excluding carboxylic acids is 1. The molecule has 0 radical (unpaired) electrons. The Balaban J connectivity index is 2.06. The summed E-state index contributed by atoms with van der Waals surface area (Å²) in [6, 6.07) is 5.57. The van der Waals surface area contributed by atoms with Crippen LogP contribution in [0.2, 0.25) is 0 Å². The van der Waals surface area contributed by atoms with Crippen molar-refractivity contribution in [2.24, 2.45) is 0 Å². The van der Waals surface area contributed by atoms with Crippen LogP contribution >= 0.6 is 0 Å². The molecule has 0 bridgehead atoms. The molecule has 0 saturated heterocycles. The third-order valence-electron chi connectivity index (χ3n) is 3.06. The first kappa shape index (κ1) is 14.4. The number of hydrogen-bond donors (Lipinski definition) is 1. The van der Waals surface area contributed by atoms with Gasteiger partial charge in [0.2, 0.25) is 12.7 Å². The van der Waals surface area contributed by atoms with E-state index in [1.54, 1.807) is 11.0 Å². The van der Waals surface area contributed by atoms with Crippen molar-refractivity contribution < 1.29 is 19.4 Å². The summed E-state index contributed by atoms with van der Waals surface area (Å²) < 4.78 is 10.5. The first-order valence-corrected chi connectivity index (χ1v) is 6.61. The van der Waals surface area contributed by atoms with E-state index in [1.165, 1.54) is 6.08 Å². The van der Waals surface area contributed by atoms with Crippen molar-refractivity contribution in [1.29, 1.82) is 0 Å². The highest BCUT2D eigenvalue weighted by molar-refractivity contribution is 5.92. The van der Waals surface area contributed by atoms with E-state index in [4.69, 9.17) is 14.6 Å². The molecule has 5 nitrogen and oxygen atoms in total. The Hall–Kier alpha value is -2.01. The lowest BCUT2D eigenvalue weighted by Crippen LogP contribution is -2.37. The summed E-state index contributed by atoms with van der Waals surface area (Å²) in [5, 5.41) is 8.98. The second kappa shape index (κ2) is 6.43. The quantitative estimate of drug-likeness (QED) is 0.832. The lowest BCUT2D eigenvalue weighted by Gasteiger charge is -2.24. The molecule has 0 atom stereocenters. The van der Waals surface area contributed by atoms with Crippen molar-refractivity contribution in [2.75, 3.05) is 19.9 Å². The van der Waals surface area contributed by atoms with Gasteiger partial charge in [-0.25, -0.2) is 0 Å². The van der Waals surface area contributed by atoms with Gasteiger partial charge < -0.3 is 19.5 Å². The normalized spacial score (nSPS) is 13.2. The van der Waals surface area contributed by atoms with Crippen LogP contribution < -0.4 is 9.47 Å². The van der Waals surface area contributed by atoms with E-state index in [9.17, 15) is 4.79 Å². The molecule has 0 aromatic heterocycles. The summed E-state index contributed by atoms with van der Waals surface area (Å²) in [4.78, 5) is 13.7. The number of nitrogens with zero attached hydrogens (tertiary/aromatic N) is 1. The molecule has 1 aromatic rings. The fraction of sp³-hybridized carbons (Fsp3) is 0.400. The minimum atomic E-state index is -0.119. The number of amides is 1. The molecule has 5 heteroatoms. The van der Waals surface area contributed by atoms with Crippen molar-refractivity contribution in [3.8, 4) is 11.5 Å². The highest BCUT2D eigenvalue weighted by Gasteiger charge is 2.14. The van der Waals surface area contributed by atoms with Crippen LogP contribution in [-0.2, 0) is 4.79 Å². The summed E-state index contributed by atoms with van der Waals surface area (Å²) in [5.74, 6) is 1.29. The number of ether oxygens (including phenoxy) is 2. The van der Waals surface area contributed by atoms with Gasteiger partial charge in [-0.3, -0.25) is 4.79 Å². The Labute approximate surface area is 118 Å². The maximum atomic E-state index is 12.1. The zero-order valence-corrected chi connectivity index (χ0v) is 11.7. The standard InChI is InChI=1S/C15H19NO4/c1-11(2)16(7-8-17)15(18)6-4-12-3-5-13-14(9-12)20-10-19-13/h3-6,9,11,17H,7-8,10H2,1-2H3/b6-4+. The maximum absolute atomic E-state index is 12.1. The van der Waals surface area contributed by atoms with Gasteiger partial charge in [0.05, 0.1) is 6.61 Å². The molecule has 0 aliphatic carbocycles. The third-order valence-corrected chi connectivity index (χ3v) is 3.06. The minimum absolute atomic E-state index is 0.0399. The lowest BCUT2D eigenvalue weighted by molar-refractivity contribution is -0.128. The van der Waals surface area contributed by atoms with E-state index in [-0.39, 0.29) is 25.3 Å². The summed E-state index contributed by atoms with van der Waals surface area (Å²) >= 11 is 0. The van der Waals surface area contributed by atoms with Crippen LogP contribution in [0.4, 0.5) is 0 Å². The zero-order chi connectivity index (χ0) is 14.5. The predicted octanol–water partition coefficient (Wildman–Crippen LogP) is 1.66. The maximum Gasteiger partial charge on any atom is 0.246 e. The Morgan fingerprint density at radius 2 is 2.15 bits per heavy atom. The van der Waals surface area contributed by atoms with E-state index in [0.717, 1.165) is 11.3 Å². The molecular formula is C15H19NO4. The highest BCUT2D eigenvalue weighted by atomic mass is 16.7. The van der Waals surface area contributed by atoms with Gasteiger partial charge in [0.25, 0.3) is 0 Å². The summed E-state index contributed by atoms with van der Waals surface area (Å²) in [7, 11) is 0. The van der Waals surface area contributed by atoms with Gasteiger partial charge in [0.1, 0.15) is 0 Å². The highest BCUT2D eigenvalue weighted by Crippen LogP contribution is 2.32. The monoisotopic (exact) mass is 277 g/mol. The second-order valence-corrected chi connectivity index (χ2v) is 4.80. The molecule has 1 aliphatic heterocycles. The van der Waals surface area contributed by atoms with Crippen molar-refractivity contribution in [1.82, 2.24) is 4.90 Å². The van der Waals surface area contributed by atoms with Crippen LogP contribution in [0.5, 0.6) is 11.5 Å². The van der Waals surface area contributed by atoms with E-state index < -0.39 is 0 Å². The molecular weight excluding hydrogens is 258 g/mol. The first-order valence-electron chi connectivity index (χ1n) is 6.61. The van der Waals surface area contributed by atoms with Gasteiger partial charge in [-0.05, 0) is 37.6 Å². The van der Waals surface area contributed by atoms with Gasteiger partial charge in [0.15, 0.2) is 11.5 Å². The molecule has 0 saturated carbocycles. The van der Waals surface area contributed by atoms with Crippen molar-refractivity contribution in [3.63, 3.8) is 0 Å². The predicted molar refractivity (Wildman–Crippen MR) is 75.5 cm³/mol. The van der Waals surface area contributed by atoms with Crippen LogP contribution in [0.3, 0.4) is 0 Å². The molecule has 0 spiro atoms. The van der Waals surface area contributed by atoms with Crippen LogP contribution in [0.1, 0.15) is 19.4 Å². The fourth-order valence-electron chi connectivity index (χ4n) is 2.01. The summed E-state index contributed by atoms with van der Waals surface area (Å²) in [6.07, 6.45) is 3.24. The van der Waals surface area contributed by atoms with Gasteiger partial charge in [-0.15, -0.1) is 0 Å². The molecule has 20 heavy (non-hydrogen) atoms. The Morgan fingerprint density at radius 3 is 2.85 bits per heavy atom. The molecule has 0 fully saturated rings. The average Bonchev–Trinajstić information content (AvgIpc) is 2.89. The Bertz CT molecular complexity index is 511. The first-order chi connectivity index (χ1) is 9.61. The minimum Gasteiger partial charge on any atom is -0.454 e. The number of aliphatic hydroxyl groups is 1. The Kier molecular flexibility index (Phi) is 4.63. The number of fused-ring (bicyclic) bond motifs is 1. The van der Waals surface area contributed by atoms with Crippen LogP contribution in [0.15, 0.2) is 24.3 Å². The van der Waals surface area contributed by atoms with Gasteiger partial charge in [-0.1, -0.05) is 6.07 Å². The van der Waals surface area contributed by atoms with Crippen LogP contribution in [0.25, 0.3) is 6.08 Å². The number of hydrogen-bond acceptors (Lipinski definition) is 4. The topological polar surface area (TPSA) is 59.0 Å². The molecule has 1 N–H and O–H groups in total. The van der Waals surface area contributed by atoms with Gasteiger partial charge in [-0.2, -0.15) is 0 Å². The molecule has 0 unspecified atom stereocenters. The molecule has 1 amide bonds. The Morgan fingerprint density at radius 1 is 1.40 bits per heavy atom. The fourth-order valence-corrected chi connectivity index (χ4v) is 2.01. The lowest BCUT2D eigenvalue weighted by atomic mass is 10.2. The SMILES string of the molecule is CC(C)N(CCO)C(=O)/C=C/c1ccc2c(c1)OCO2.